The first-order chi connectivity index (χ1) is 10.2. The molecule has 0 aliphatic heterocycles. The Morgan fingerprint density at radius 3 is 2.62 bits per heavy atom. The van der Waals surface area contributed by atoms with Gasteiger partial charge in [-0.25, -0.2) is 9.97 Å². The van der Waals surface area contributed by atoms with Crippen LogP contribution in [0, 0.1) is 6.92 Å². The summed E-state index contributed by atoms with van der Waals surface area (Å²) in [5.41, 5.74) is 1.13. The van der Waals surface area contributed by atoms with E-state index < -0.39 is 0 Å². The predicted molar refractivity (Wildman–Crippen MR) is 93.5 cm³/mol. The van der Waals surface area contributed by atoms with Crippen molar-refractivity contribution in [3.63, 3.8) is 0 Å². The molecule has 2 atom stereocenters. The first-order valence-corrected chi connectivity index (χ1v) is 9.17. The molecule has 4 nitrogen and oxygen atoms in total. The molecule has 21 heavy (non-hydrogen) atoms. The van der Waals surface area contributed by atoms with E-state index >= 15 is 0 Å². The molecule has 1 heterocycles. The highest BCUT2D eigenvalue weighted by atomic mass is 32.2. The van der Waals surface area contributed by atoms with Crippen molar-refractivity contribution in [3.8, 4) is 0 Å². The van der Waals surface area contributed by atoms with Gasteiger partial charge in [-0.3, -0.25) is 0 Å². The van der Waals surface area contributed by atoms with Crippen LogP contribution in [0.15, 0.2) is 0 Å². The summed E-state index contributed by atoms with van der Waals surface area (Å²) in [6.45, 7) is 6.51. The fourth-order valence-electron chi connectivity index (χ4n) is 2.96. The topological polar surface area (TPSA) is 49.8 Å². The molecule has 0 bridgehead atoms. The molecule has 0 amide bonds. The lowest BCUT2D eigenvalue weighted by Gasteiger charge is -2.22. The molecular weight excluding hydrogens is 280 g/mol. The minimum absolute atomic E-state index is 0.544. The Morgan fingerprint density at radius 1 is 1.19 bits per heavy atom. The van der Waals surface area contributed by atoms with E-state index in [1.807, 2.05) is 7.05 Å². The lowest BCUT2D eigenvalue weighted by molar-refractivity contribution is 0.753. The van der Waals surface area contributed by atoms with E-state index in [0.29, 0.717) is 6.04 Å². The second kappa shape index (κ2) is 7.87. The number of aromatic nitrogens is 2. The second-order valence-corrected chi connectivity index (χ2v) is 7.15. The Morgan fingerprint density at radius 2 is 1.95 bits per heavy atom. The number of hydrogen-bond donors (Lipinski definition) is 2. The average Bonchev–Trinajstić information content (AvgIpc) is 2.90. The highest BCUT2D eigenvalue weighted by molar-refractivity contribution is 7.99. The minimum Gasteiger partial charge on any atom is -0.373 e. The van der Waals surface area contributed by atoms with E-state index in [2.05, 4.69) is 48.2 Å². The van der Waals surface area contributed by atoms with Crippen molar-refractivity contribution in [2.75, 3.05) is 23.4 Å². The van der Waals surface area contributed by atoms with Gasteiger partial charge in [-0.05, 0) is 31.9 Å². The van der Waals surface area contributed by atoms with Crippen LogP contribution in [-0.4, -0.2) is 34.1 Å². The summed E-state index contributed by atoms with van der Waals surface area (Å²) in [5, 5.41) is 7.62. The molecule has 1 aromatic heterocycles. The Labute approximate surface area is 132 Å². The second-order valence-electron chi connectivity index (χ2n) is 5.64. The van der Waals surface area contributed by atoms with Crippen LogP contribution in [-0.2, 0) is 6.42 Å². The first-order valence-electron chi connectivity index (χ1n) is 8.13. The molecule has 1 saturated carbocycles. The molecule has 2 rings (SSSR count). The summed E-state index contributed by atoms with van der Waals surface area (Å²) in [6.07, 6.45) is 5.89. The zero-order chi connectivity index (χ0) is 15.2. The third-order valence-electron chi connectivity index (χ3n) is 4.06. The van der Waals surface area contributed by atoms with Crippen molar-refractivity contribution >= 4 is 23.4 Å². The van der Waals surface area contributed by atoms with E-state index in [1.165, 1.54) is 25.0 Å². The summed E-state index contributed by atoms with van der Waals surface area (Å²) >= 11 is 2.07. The monoisotopic (exact) mass is 308 g/mol. The van der Waals surface area contributed by atoms with Gasteiger partial charge in [-0.1, -0.05) is 20.3 Å². The summed E-state index contributed by atoms with van der Waals surface area (Å²) in [5.74, 6) is 4.10. The van der Waals surface area contributed by atoms with Crippen LogP contribution in [0.2, 0.25) is 0 Å². The number of anilines is 2. The van der Waals surface area contributed by atoms with Gasteiger partial charge in [0.1, 0.15) is 17.5 Å². The fourth-order valence-corrected chi connectivity index (χ4v) is 4.16. The van der Waals surface area contributed by atoms with Crippen molar-refractivity contribution in [2.45, 2.75) is 64.2 Å². The molecule has 2 N–H and O–H groups in total. The molecule has 0 radical (unpaired) electrons. The summed E-state index contributed by atoms with van der Waals surface area (Å²) in [4.78, 5) is 9.36. The number of rotatable bonds is 7. The Balaban J connectivity index is 2.19. The predicted octanol–water partition coefficient (Wildman–Crippen LogP) is 3.87. The molecule has 0 saturated heterocycles. The van der Waals surface area contributed by atoms with E-state index in [1.54, 1.807) is 0 Å². The van der Waals surface area contributed by atoms with Crippen molar-refractivity contribution < 1.29 is 0 Å². The van der Waals surface area contributed by atoms with Gasteiger partial charge in [-0.15, -0.1) is 0 Å². The van der Waals surface area contributed by atoms with Crippen LogP contribution in [0.5, 0.6) is 0 Å². The highest BCUT2D eigenvalue weighted by Gasteiger charge is 2.28. The van der Waals surface area contributed by atoms with E-state index in [9.17, 15) is 0 Å². The molecule has 0 spiro atoms. The average molecular weight is 308 g/mol. The van der Waals surface area contributed by atoms with Gasteiger partial charge >= 0.3 is 0 Å². The Bertz CT molecular complexity index is 464. The zero-order valence-electron chi connectivity index (χ0n) is 13.7. The molecule has 2 unspecified atom stereocenters. The largest absolute Gasteiger partial charge is 0.373 e. The van der Waals surface area contributed by atoms with Crippen molar-refractivity contribution in [1.82, 2.24) is 9.97 Å². The van der Waals surface area contributed by atoms with Gasteiger partial charge in [-0.2, -0.15) is 11.8 Å². The maximum absolute atomic E-state index is 4.76. The smallest absolute Gasteiger partial charge is 0.135 e. The molecule has 1 aromatic rings. The van der Waals surface area contributed by atoms with Crippen LogP contribution in [0.1, 0.15) is 50.9 Å². The molecule has 118 valence electrons. The number of aryl methyl sites for hydroxylation is 1. The van der Waals surface area contributed by atoms with Crippen molar-refractivity contribution in [3.05, 3.63) is 11.4 Å². The highest BCUT2D eigenvalue weighted by Crippen LogP contribution is 2.33. The summed E-state index contributed by atoms with van der Waals surface area (Å²) in [6, 6.07) is 0.544. The number of hydrogen-bond acceptors (Lipinski definition) is 5. The normalized spacial score (nSPS) is 21.5. The Kier molecular flexibility index (Phi) is 6.15. The van der Waals surface area contributed by atoms with Gasteiger partial charge in [0.15, 0.2) is 0 Å². The first kappa shape index (κ1) is 16.4. The van der Waals surface area contributed by atoms with E-state index in [-0.39, 0.29) is 0 Å². The molecule has 5 heteroatoms. The lowest BCUT2D eigenvalue weighted by atomic mass is 10.2. The van der Waals surface area contributed by atoms with Crippen LogP contribution >= 0.6 is 11.8 Å². The summed E-state index contributed by atoms with van der Waals surface area (Å²) in [7, 11) is 1.93. The van der Waals surface area contributed by atoms with E-state index in [4.69, 9.17) is 4.98 Å². The number of thioether (sulfide) groups is 1. The van der Waals surface area contributed by atoms with Crippen LogP contribution in [0.3, 0.4) is 0 Å². The quantitative estimate of drug-likeness (QED) is 0.801. The molecule has 1 aliphatic carbocycles. The Hall–Kier alpha value is -0.970. The van der Waals surface area contributed by atoms with Crippen LogP contribution in [0.4, 0.5) is 11.6 Å². The molecular formula is C16H28N4S. The molecule has 1 fully saturated rings. The standard InChI is InChI=1S/C16H28N4S/c1-5-8-14-19-15(17-4)11(3)16(20-14)18-12-9-7-10-13(12)21-6-2/h12-13H,5-10H2,1-4H3,(H2,17,18,19,20). The van der Waals surface area contributed by atoms with Gasteiger partial charge in [0.05, 0.1) is 0 Å². The molecule has 1 aliphatic rings. The van der Waals surface area contributed by atoms with Gasteiger partial charge in [0.25, 0.3) is 0 Å². The third kappa shape index (κ3) is 4.02. The maximum Gasteiger partial charge on any atom is 0.135 e. The lowest BCUT2D eigenvalue weighted by Crippen LogP contribution is -2.27. The minimum atomic E-state index is 0.544. The van der Waals surface area contributed by atoms with Crippen LogP contribution in [0.25, 0.3) is 0 Å². The van der Waals surface area contributed by atoms with Crippen LogP contribution < -0.4 is 10.6 Å². The van der Waals surface area contributed by atoms with Crippen molar-refractivity contribution in [2.24, 2.45) is 0 Å². The van der Waals surface area contributed by atoms with Gasteiger partial charge in [0.2, 0.25) is 0 Å². The zero-order valence-corrected chi connectivity index (χ0v) is 14.5. The maximum atomic E-state index is 4.76. The number of nitrogens with one attached hydrogen (secondary N) is 2. The van der Waals surface area contributed by atoms with Gasteiger partial charge < -0.3 is 10.6 Å². The molecule has 0 aromatic carbocycles. The van der Waals surface area contributed by atoms with Crippen molar-refractivity contribution in [1.29, 1.82) is 0 Å². The SMILES string of the molecule is CCCc1nc(NC)c(C)c(NC2CCCC2SCC)n1. The van der Waals surface area contributed by atoms with Gasteiger partial charge in [0, 0.05) is 30.3 Å². The number of nitrogens with zero attached hydrogens (tertiary/aromatic N) is 2. The summed E-state index contributed by atoms with van der Waals surface area (Å²) < 4.78 is 0. The fraction of sp³-hybridized carbons (Fsp3) is 0.750. The van der Waals surface area contributed by atoms with E-state index in [0.717, 1.165) is 41.1 Å². The third-order valence-corrected chi connectivity index (χ3v) is 5.38.